The number of hydrogen-bond acceptors (Lipinski definition) is 5. The first-order chi connectivity index (χ1) is 12.0. The fourth-order valence-corrected chi connectivity index (χ4v) is 3.79. The molecule has 1 heterocycles. The van der Waals surface area contributed by atoms with E-state index in [2.05, 4.69) is 9.62 Å². The Bertz CT molecular complexity index is 857. The summed E-state index contributed by atoms with van der Waals surface area (Å²) >= 11 is 0. The van der Waals surface area contributed by atoms with Crippen LogP contribution in [0.15, 0.2) is 53.4 Å². The number of hydrogen-bond donors (Lipinski definition) is 1. The zero-order valence-corrected chi connectivity index (χ0v) is 14.8. The van der Waals surface area contributed by atoms with Crippen LogP contribution in [0, 0.1) is 0 Å². The molecule has 0 atom stereocenters. The summed E-state index contributed by atoms with van der Waals surface area (Å²) in [6.07, 6.45) is 0. The number of carbonyl (C=O) groups is 1. The number of benzene rings is 2. The van der Waals surface area contributed by atoms with Crippen LogP contribution < -0.4 is 9.62 Å². The Morgan fingerprint density at radius 2 is 1.68 bits per heavy atom. The highest BCUT2D eigenvalue weighted by Crippen LogP contribution is 2.28. The minimum absolute atomic E-state index is 0.102. The highest BCUT2D eigenvalue weighted by Gasteiger charge is 2.19. The van der Waals surface area contributed by atoms with Crippen molar-refractivity contribution in [3.63, 3.8) is 0 Å². The SMILES string of the molecule is CC(=O)c1ccc(S(=O)(=O)Nc2ccccc2N2CCOCC2)cc1. The highest BCUT2D eigenvalue weighted by molar-refractivity contribution is 7.92. The van der Waals surface area contributed by atoms with Gasteiger partial charge in [0.1, 0.15) is 0 Å². The molecule has 1 aliphatic rings. The zero-order chi connectivity index (χ0) is 17.9. The van der Waals surface area contributed by atoms with Crippen LogP contribution >= 0.6 is 0 Å². The third kappa shape index (κ3) is 4.00. The summed E-state index contributed by atoms with van der Waals surface area (Å²) in [5, 5.41) is 0. The molecule has 2 aromatic rings. The predicted octanol–water partition coefficient (Wildman–Crippen LogP) is 2.53. The van der Waals surface area contributed by atoms with Crippen molar-refractivity contribution in [1.82, 2.24) is 0 Å². The molecular weight excluding hydrogens is 340 g/mol. The lowest BCUT2D eigenvalue weighted by Crippen LogP contribution is -2.36. The molecule has 0 unspecified atom stereocenters. The molecule has 132 valence electrons. The minimum atomic E-state index is -3.74. The topological polar surface area (TPSA) is 75.7 Å². The summed E-state index contributed by atoms with van der Waals surface area (Å²) < 4.78 is 33.4. The van der Waals surface area contributed by atoms with Crippen molar-refractivity contribution in [2.24, 2.45) is 0 Å². The fourth-order valence-electron chi connectivity index (χ4n) is 2.71. The van der Waals surface area contributed by atoms with Crippen LogP contribution in [0.2, 0.25) is 0 Å². The average molecular weight is 360 g/mol. The van der Waals surface area contributed by atoms with Gasteiger partial charge in [0, 0.05) is 18.7 Å². The Labute approximate surface area is 147 Å². The molecule has 0 bridgehead atoms. The van der Waals surface area contributed by atoms with Crippen LogP contribution in [-0.2, 0) is 14.8 Å². The number of nitrogens with zero attached hydrogens (tertiary/aromatic N) is 1. The van der Waals surface area contributed by atoms with Crippen molar-refractivity contribution in [2.75, 3.05) is 35.9 Å². The molecule has 1 fully saturated rings. The van der Waals surface area contributed by atoms with Gasteiger partial charge in [0.05, 0.1) is 29.5 Å². The van der Waals surface area contributed by atoms with Crippen LogP contribution in [0.25, 0.3) is 0 Å². The van der Waals surface area contributed by atoms with Crippen molar-refractivity contribution in [3.05, 3.63) is 54.1 Å². The van der Waals surface area contributed by atoms with Crippen LogP contribution in [0.4, 0.5) is 11.4 Å². The minimum Gasteiger partial charge on any atom is -0.378 e. The van der Waals surface area contributed by atoms with Gasteiger partial charge >= 0.3 is 0 Å². The Morgan fingerprint density at radius 1 is 1.04 bits per heavy atom. The van der Waals surface area contributed by atoms with Gasteiger partial charge in [-0.05, 0) is 31.2 Å². The number of ketones is 1. The van der Waals surface area contributed by atoms with Crippen molar-refractivity contribution < 1.29 is 17.9 Å². The predicted molar refractivity (Wildman–Crippen MR) is 96.7 cm³/mol. The van der Waals surface area contributed by atoms with E-state index in [-0.39, 0.29) is 10.7 Å². The van der Waals surface area contributed by atoms with E-state index in [1.165, 1.54) is 31.2 Å². The average Bonchev–Trinajstić information content (AvgIpc) is 2.63. The summed E-state index contributed by atoms with van der Waals surface area (Å²) in [5.74, 6) is -0.102. The van der Waals surface area contributed by atoms with E-state index in [1.807, 2.05) is 12.1 Å². The van der Waals surface area contributed by atoms with Gasteiger partial charge in [0.2, 0.25) is 0 Å². The molecule has 2 aromatic carbocycles. The molecule has 0 saturated carbocycles. The van der Waals surface area contributed by atoms with Crippen LogP contribution in [-0.4, -0.2) is 40.5 Å². The van der Waals surface area contributed by atoms with E-state index in [4.69, 9.17) is 4.74 Å². The summed E-state index contributed by atoms with van der Waals surface area (Å²) in [5.41, 5.74) is 1.84. The number of sulfonamides is 1. The summed E-state index contributed by atoms with van der Waals surface area (Å²) in [7, 11) is -3.74. The largest absolute Gasteiger partial charge is 0.378 e. The van der Waals surface area contributed by atoms with Gasteiger partial charge in [0.15, 0.2) is 5.78 Å². The maximum absolute atomic E-state index is 12.7. The summed E-state index contributed by atoms with van der Waals surface area (Å²) in [6.45, 7) is 4.11. The van der Waals surface area contributed by atoms with Gasteiger partial charge < -0.3 is 9.64 Å². The Hall–Kier alpha value is -2.38. The van der Waals surface area contributed by atoms with Crippen LogP contribution in [0.3, 0.4) is 0 Å². The van der Waals surface area contributed by atoms with Crippen molar-refractivity contribution in [2.45, 2.75) is 11.8 Å². The van der Waals surface area contributed by atoms with Gasteiger partial charge in [-0.2, -0.15) is 0 Å². The standard InChI is InChI=1S/C18H20N2O4S/c1-14(21)15-6-8-16(9-7-15)25(22,23)19-17-4-2-3-5-18(17)20-10-12-24-13-11-20/h2-9,19H,10-13H2,1H3. The number of anilines is 2. The molecule has 0 aliphatic carbocycles. The smallest absolute Gasteiger partial charge is 0.261 e. The molecule has 1 N–H and O–H groups in total. The maximum Gasteiger partial charge on any atom is 0.261 e. The molecule has 1 saturated heterocycles. The second-order valence-electron chi connectivity index (χ2n) is 5.80. The number of nitrogens with one attached hydrogen (secondary N) is 1. The van der Waals surface area contributed by atoms with E-state index in [9.17, 15) is 13.2 Å². The molecule has 3 rings (SSSR count). The monoisotopic (exact) mass is 360 g/mol. The number of carbonyl (C=O) groups excluding carboxylic acids is 1. The Morgan fingerprint density at radius 3 is 2.32 bits per heavy atom. The third-order valence-electron chi connectivity index (χ3n) is 4.07. The second-order valence-corrected chi connectivity index (χ2v) is 7.49. The lowest BCUT2D eigenvalue weighted by atomic mass is 10.2. The Balaban J connectivity index is 1.87. The molecule has 7 heteroatoms. The van der Waals surface area contributed by atoms with E-state index < -0.39 is 10.0 Å². The van der Waals surface area contributed by atoms with Gasteiger partial charge in [-0.1, -0.05) is 24.3 Å². The molecule has 0 amide bonds. The van der Waals surface area contributed by atoms with E-state index in [0.29, 0.717) is 37.6 Å². The first-order valence-electron chi connectivity index (χ1n) is 8.03. The molecule has 0 radical (unpaired) electrons. The number of Topliss-reactive ketones (excluding diaryl/α,β-unsaturated/α-hetero) is 1. The van der Waals surface area contributed by atoms with E-state index in [0.717, 1.165) is 5.69 Å². The van der Waals surface area contributed by atoms with Crippen molar-refractivity contribution in [3.8, 4) is 0 Å². The molecule has 6 nitrogen and oxygen atoms in total. The summed E-state index contributed by atoms with van der Waals surface area (Å²) in [4.78, 5) is 13.6. The maximum atomic E-state index is 12.7. The third-order valence-corrected chi connectivity index (χ3v) is 5.45. The number of ether oxygens (including phenoxy) is 1. The quantitative estimate of drug-likeness (QED) is 0.829. The molecule has 25 heavy (non-hydrogen) atoms. The zero-order valence-electron chi connectivity index (χ0n) is 13.9. The lowest BCUT2D eigenvalue weighted by molar-refractivity contribution is 0.101. The highest BCUT2D eigenvalue weighted by atomic mass is 32.2. The van der Waals surface area contributed by atoms with Crippen molar-refractivity contribution in [1.29, 1.82) is 0 Å². The molecule has 0 spiro atoms. The number of rotatable bonds is 5. The second kappa shape index (κ2) is 7.25. The molecule has 0 aromatic heterocycles. The number of morpholine rings is 1. The van der Waals surface area contributed by atoms with Crippen molar-refractivity contribution >= 4 is 27.2 Å². The normalized spacial score (nSPS) is 15.0. The first kappa shape index (κ1) is 17.4. The Kier molecular flexibility index (Phi) is 5.06. The number of para-hydroxylation sites is 2. The van der Waals surface area contributed by atoms with Crippen LogP contribution in [0.5, 0.6) is 0 Å². The fraction of sp³-hybridized carbons (Fsp3) is 0.278. The summed E-state index contributed by atoms with van der Waals surface area (Å²) in [6, 6.07) is 13.2. The first-order valence-corrected chi connectivity index (χ1v) is 9.51. The van der Waals surface area contributed by atoms with E-state index in [1.54, 1.807) is 12.1 Å². The van der Waals surface area contributed by atoms with Gasteiger partial charge in [-0.25, -0.2) is 8.42 Å². The molecule has 1 aliphatic heterocycles. The van der Waals surface area contributed by atoms with Gasteiger partial charge in [0.25, 0.3) is 10.0 Å². The van der Waals surface area contributed by atoms with Gasteiger partial charge in [-0.3, -0.25) is 9.52 Å². The lowest BCUT2D eigenvalue weighted by Gasteiger charge is -2.30. The van der Waals surface area contributed by atoms with E-state index >= 15 is 0 Å². The van der Waals surface area contributed by atoms with Gasteiger partial charge in [-0.15, -0.1) is 0 Å². The van der Waals surface area contributed by atoms with Crippen LogP contribution in [0.1, 0.15) is 17.3 Å². The molecular formula is C18H20N2O4S.